The first kappa shape index (κ1) is 29.9. The Morgan fingerprint density at radius 3 is 2.15 bits per heavy atom. The number of nitrogens with zero attached hydrogens (tertiary/aromatic N) is 3. The largest absolute Gasteiger partial charge is 0.455 e. The average Bonchev–Trinajstić information content (AvgIpc) is 3.12. The SMILES string of the molecule is C=C(OC(=C(C)C(C)=Nc1ccc(N2CCCN(C(=O)OC(C)(C)C)CC2)cc1)C(C)(F)F)c1ccccc1. The van der Waals surface area contributed by atoms with Crippen LogP contribution >= 0.6 is 0 Å². The maximum atomic E-state index is 14.5. The lowest BCUT2D eigenvalue weighted by Crippen LogP contribution is -2.39. The number of anilines is 1. The van der Waals surface area contributed by atoms with Crippen LogP contribution in [0.2, 0.25) is 0 Å². The standard InChI is InChI=1S/C31H39F2N3O3/c1-22(28(31(7,32)33)38-24(3)25-12-9-8-10-13-25)23(2)34-26-14-16-27(17-15-26)35-18-11-19-36(21-20-35)29(37)39-30(4,5)6/h8-10,12-17H,3,11,18-21H2,1-2,4-7H3. The third kappa shape index (κ3) is 8.67. The lowest BCUT2D eigenvalue weighted by Gasteiger charge is -2.27. The number of halogens is 2. The first-order valence-corrected chi connectivity index (χ1v) is 13.1. The topological polar surface area (TPSA) is 54.4 Å². The minimum absolute atomic E-state index is 0.145. The number of benzene rings is 2. The highest BCUT2D eigenvalue weighted by Gasteiger charge is 2.33. The highest BCUT2D eigenvalue weighted by Crippen LogP contribution is 2.32. The molecule has 2 aromatic rings. The number of hydrogen-bond acceptors (Lipinski definition) is 5. The Bertz CT molecular complexity index is 1210. The summed E-state index contributed by atoms with van der Waals surface area (Å²) in [5, 5.41) is 0. The van der Waals surface area contributed by atoms with Crippen molar-refractivity contribution in [2.24, 2.45) is 4.99 Å². The maximum Gasteiger partial charge on any atom is 0.410 e. The lowest BCUT2D eigenvalue weighted by atomic mass is 10.1. The van der Waals surface area contributed by atoms with Crippen molar-refractivity contribution in [3.8, 4) is 0 Å². The van der Waals surface area contributed by atoms with Gasteiger partial charge in [0.15, 0.2) is 5.76 Å². The number of carbonyl (C=O) groups is 1. The molecule has 1 fully saturated rings. The molecule has 0 radical (unpaired) electrons. The maximum absolute atomic E-state index is 14.5. The first-order chi connectivity index (χ1) is 18.2. The van der Waals surface area contributed by atoms with Gasteiger partial charge in [-0.2, -0.15) is 8.78 Å². The summed E-state index contributed by atoms with van der Waals surface area (Å²) in [4.78, 5) is 21.0. The van der Waals surface area contributed by atoms with Gasteiger partial charge in [0.25, 0.3) is 0 Å². The summed E-state index contributed by atoms with van der Waals surface area (Å²) in [6.45, 7) is 16.2. The lowest BCUT2D eigenvalue weighted by molar-refractivity contribution is 0.0176. The van der Waals surface area contributed by atoms with Crippen molar-refractivity contribution in [2.45, 2.75) is 59.5 Å². The second-order valence-electron chi connectivity index (χ2n) is 10.8. The molecule has 1 heterocycles. The number of ether oxygens (including phenoxy) is 2. The van der Waals surface area contributed by atoms with Gasteiger partial charge in [-0.1, -0.05) is 36.9 Å². The summed E-state index contributed by atoms with van der Waals surface area (Å²) in [5.74, 6) is -3.55. The molecule has 0 atom stereocenters. The number of carbonyl (C=O) groups excluding carboxylic acids is 1. The van der Waals surface area contributed by atoms with Gasteiger partial charge >= 0.3 is 12.0 Å². The van der Waals surface area contributed by atoms with Crippen molar-refractivity contribution in [2.75, 3.05) is 31.1 Å². The van der Waals surface area contributed by atoms with Crippen molar-refractivity contribution in [1.29, 1.82) is 0 Å². The number of aliphatic imine (C=N–C) groups is 1. The molecule has 0 saturated carbocycles. The molecule has 6 nitrogen and oxygen atoms in total. The zero-order valence-corrected chi connectivity index (χ0v) is 23.8. The Kier molecular flexibility index (Phi) is 9.54. The highest BCUT2D eigenvalue weighted by atomic mass is 19.3. The molecule has 0 spiro atoms. The van der Waals surface area contributed by atoms with E-state index in [9.17, 15) is 13.6 Å². The fourth-order valence-corrected chi connectivity index (χ4v) is 4.17. The van der Waals surface area contributed by atoms with Gasteiger partial charge in [-0.15, -0.1) is 0 Å². The predicted octanol–water partition coefficient (Wildman–Crippen LogP) is 7.84. The Morgan fingerprint density at radius 1 is 0.923 bits per heavy atom. The van der Waals surface area contributed by atoms with Gasteiger partial charge < -0.3 is 19.3 Å². The molecule has 0 N–H and O–H groups in total. The van der Waals surface area contributed by atoms with E-state index in [0.29, 0.717) is 36.6 Å². The fraction of sp³-hybridized carbons (Fsp3) is 0.419. The Morgan fingerprint density at radius 2 is 1.56 bits per heavy atom. The van der Waals surface area contributed by atoms with Crippen molar-refractivity contribution in [3.05, 3.63) is 78.1 Å². The van der Waals surface area contributed by atoms with Crippen LogP contribution in [0.25, 0.3) is 5.76 Å². The van der Waals surface area contributed by atoms with Gasteiger partial charge in [0.1, 0.15) is 11.4 Å². The van der Waals surface area contributed by atoms with Crippen LogP contribution in [0.3, 0.4) is 0 Å². The molecule has 1 saturated heterocycles. The molecule has 0 aliphatic carbocycles. The molecule has 8 heteroatoms. The summed E-state index contributed by atoms with van der Waals surface area (Å²) in [5.41, 5.74) is 2.41. The zero-order valence-electron chi connectivity index (χ0n) is 23.8. The first-order valence-electron chi connectivity index (χ1n) is 13.1. The van der Waals surface area contributed by atoms with E-state index >= 15 is 0 Å². The van der Waals surface area contributed by atoms with Crippen molar-refractivity contribution in [1.82, 2.24) is 4.90 Å². The number of hydrogen-bond donors (Lipinski definition) is 0. The minimum Gasteiger partial charge on any atom is -0.455 e. The highest BCUT2D eigenvalue weighted by molar-refractivity contribution is 6.00. The molecule has 0 aromatic heterocycles. The summed E-state index contributed by atoms with van der Waals surface area (Å²) >= 11 is 0. The quantitative estimate of drug-likeness (QED) is 0.266. The van der Waals surface area contributed by atoms with Gasteiger partial charge in [-0.3, -0.25) is 4.99 Å². The monoisotopic (exact) mass is 539 g/mol. The molecular weight excluding hydrogens is 500 g/mol. The normalized spacial score (nSPS) is 15.8. The van der Waals surface area contributed by atoms with E-state index < -0.39 is 17.3 Å². The van der Waals surface area contributed by atoms with Crippen LogP contribution in [0.15, 0.2) is 77.5 Å². The number of amides is 1. The molecule has 1 aliphatic heterocycles. The molecule has 0 unspecified atom stereocenters. The van der Waals surface area contributed by atoms with Gasteiger partial charge in [-0.25, -0.2) is 4.79 Å². The Hall–Kier alpha value is -3.68. The predicted molar refractivity (Wildman–Crippen MR) is 154 cm³/mol. The molecule has 0 bridgehead atoms. The van der Waals surface area contributed by atoms with E-state index in [0.717, 1.165) is 25.6 Å². The minimum atomic E-state index is -3.22. The van der Waals surface area contributed by atoms with E-state index in [1.54, 1.807) is 43.0 Å². The third-order valence-corrected chi connectivity index (χ3v) is 6.26. The smallest absolute Gasteiger partial charge is 0.410 e. The summed E-state index contributed by atoms with van der Waals surface area (Å²) in [7, 11) is 0. The van der Waals surface area contributed by atoms with Crippen LogP contribution < -0.4 is 4.90 Å². The second-order valence-corrected chi connectivity index (χ2v) is 10.8. The van der Waals surface area contributed by atoms with Crippen LogP contribution in [0.5, 0.6) is 0 Å². The fourth-order valence-electron chi connectivity index (χ4n) is 4.17. The van der Waals surface area contributed by atoms with Crippen LogP contribution in [-0.4, -0.2) is 54.4 Å². The third-order valence-electron chi connectivity index (χ3n) is 6.26. The number of alkyl halides is 2. The molecule has 1 aliphatic rings. The second kappa shape index (κ2) is 12.5. The van der Waals surface area contributed by atoms with Gasteiger partial charge in [0.05, 0.1) is 5.69 Å². The van der Waals surface area contributed by atoms with E-state index in [2.05, 4.69) is 16.5 Å². The Labute approximate surface area is 230 Å². The summed E-state index contributed by atoms with van der Waals surface area (Å²) in [6, 6.07) is 16.6. The van der Waals surface area contributed by atoms with E-state index in [1.807, 2.05) is 51.1 Å². The molecule has 1 amide bonds. The van der Waals surface area contributed by atoms with E-state index in [1.165, 1.54) is 0 Å². The van der Waals surface area contributed by atoms with Crippen LogP contribution in [0.1, 0.15) is 53.5 Å². The van der Waals surface area contributed by atoms with Crippen molar-refractivity contribution < 1.29 is 23.0 Å². The van der Waals surface area contributed by atoms with Gasteiger partial charge in [-0.05, 0) is 65.3 Å². The molecule has 39 heavy (non-hydrogen) atoms. The van der Waals surface area contributed by atoms with Crippen LogP contribution in [-0.2, 0) is 9.47 Å². The summed E-state index contributed by atoms with van der Waals surface area (Å²) in [6.07, 6.45) is 0.533. The molecular formula is C31H39F2N3O3. The average molecular weight is 540 g/mol. The summed E-state index contributed by atoms with van der Waals surface area (Å²) < 4.78 is 40.2. The van der Waals surface area contributed by atoms with E-state index in [4.69, 9.17) is 9.47 Å². The van der Waals surface area contributed by atoms with Crippen LogP contribution in [0, 0.1) is 0 Å². The van der Waals surface area contributed by atoms with Gasteiger partial charge in [0, 0.05) is 55.6 Å². The number of rotatable bonds is 7. The number of allylic oxidation sites excluding steroid dienone is 2. The van der Waals surface area contributed by atoms with Crippen molar-refractivity contribution >= 4 is 28.9 Å². The van der Waals surface area contributed by atoms with E-state index in [-0.39, 0.29) is 17.4 Å². The zero-order chi connectivity index (χ0) is 28.8. The molecule has 2 aromatic carbocycles. The van der Waals surface area contributed by atoms with Gasteiger partial charge in [0.2, 0.25) is 0 Å². The van der Waals surface area contributed by atoms with Crippen LogP contribution in [0.4, 0.5) is 25.0 Å². The molecule has 210 valence electrons. The van der Waals surface area contributed by atoms with Crippen molar-refractivity contribution in [3.63, 3.8) is 0 Å². The molecule has 3 rings (SSSR count). The Balaban J connectivity index is 1.72.